The molecule has 0 amide bonds. The van der Waals surface area contributed by atoms with E-state index >= 15 is 0 Å². The Morgan fingerprint density at radius 1 is 1.48 bits per heavy atom. The summed E-state index contributed by atoms with van der Waals surface area (Å²) in [5, 5.41) is 0.558. The fourth-order valence-corrected chi connectivity index (χ4v) is 2.96. The second-order valence-corrected chi connectivity index (χ2v) is 5.72. The molecule has 1 heterocycles. The van der Waals surface area contributed by atoms with Crippen LogP contribution in [0.1, 0.15) is 13.3 Å². The summed E-state index contributed by atoms with van der Waals surface area (Å²) in [6.45, 7) is 5.40. The van der Waals surface area contributed by atoms with Gasteiger partial charge in [0.25, 0.3) is 0 Å². The van der Waals surface area contributed by atoms with Gasteiger partial charge >= 0.3 is 5.97 Å². The van der Waals surface area contributed by atoms with Crippen LogP contribution in [0.25, 0.3) is 0 Å². The Kier molecular flexibility index (Phi) is 5.88. The van der Waals surface area contributed by atoms with Gasteiger partial charge in [-0.05, 0) is 37.6 Å². The molecule has 116 valence electrons. The average Bonchev–Trinajstić information content (AvgIpc) is 2.97. The van der Waals surface area contributed by atoms with E-state index in [0.29, 0.717) is 17.4 Å². The number of ether oxygens (including phenoxy) is 2. The van der Waals surface area contributed by atoms with Crippen molar-refractivity contribution in [2.45, 2.75) is 13.3 Å². The van der Waals surface area contributed by atoms with Crippen LogP contribution in [0.15, 0.2) is 24.3 Å². The number of carbonyl (C=O) groups is 1. The molecular weight excluding hydrogens is 290 g/mol. The van der Waals surface area contributed by atoms with E-state index in [0.717, 1.165) is 26.1 Å². The normalized spacial score (nSPS) is 20.2. The minimum atomic E-state index is -0.247. The van der Waals surface area contributed by atoms with E-state index in [1.54, 1.807) is 6.07 Å². The van der Waals surface area contributed by atoms with Gasteiger partial charge in [0, 0.05) is 6.54 Å². The van der Waals surface area contributed by atoms with Gasteiger partial charge < -0.3 is 14.4 Å². The third kappa shape index (κ3) is 4.11. The number of hydrogen-bond donors (Lipinski definition) is 0. The summed E-state index contributed by atoms with van der Waals surface area (Å²) < 4.78 is 10.7. The molecule has 5 heteroatoms. The molecule has 1 aliphatic rings. The highest BCUT2D eigenvalue weighted by Crippen LogP contribution is 2.28. The molecule has 4 nitrogen and oxygen atoms in total. The second kappa shape index (κ2) is 7.66. The zero-order valence-electron chi connectivity index (χ0n) is 12.5. The quantitative estimate of drug-likeness (QED) is 0.757. The molecule has 2 rings (SSSR count). The smallest absolute Gasteiger partial charge is 0.312 e. The predicted octanol–water partition coefficient (Wildman–Crippen LogP) is 2.85. The van der Waals surface area contributed by atoms with Crippen LogP contribution in [0.3, 0.4) is 0 Å². The minimum absolute atomic E-state index is 0.204. The predicted molar refractivity (Wildman–Crippen MR) is 82.7 cm³/mol. The fourth-order valence-electron chi connectivity index (χ4n) is 2.77. The first-order valence-electron chi connectivity index (χ1n) is 7.33. The SMILES string of the molecule is CCN1CCC(C(COc2ccccc2Cl)C(=O)OC)C1. The summed E-state index contributed by atoms with van der Waals surface area (Å²) in [6, 6.07) is 7.30. The number of rotatable bonds is 6. The Morgan fingerprint density at radius 2 is 2.24 bits per heavy atom. The van der Waals surface area contributed by atoms with Crippen molar-refractivity contribution in [3.05, 3.63) is 29.3 Å². The van der Waals surface area contributed by atoms with E-state index in [1.165, 1.54) is 7.11 Å². The summed E-state index contributed by atoms with van der Waals surface area (Å²) in [5.41, 5.74) is 0. The molecular formula is C16H22ClNO3. The van der Waals surface area contributed by atoms with Crippen LogP contribution >= 0.6 is 11.6 Å². The van der Waals surface area contributed by atoms with Crippen molar-refractivity contribution < 1.29 is 14.3 Å². The first kappa shape index (κ1) is 16.1. The Hall–Kier alpha value is -1.26. The van der Waals surface area contributed by atoms with E-state index in [9.17, 15) is 4.79 Å². The molecule has 21 heavy (non-hydrogen) atoms. The summed E-state index contributed by atoms with van der Waals surface area (Å²) in [4.78, 5) is 14.4. The van der Waals surface area contributed by atoms with Crippen molar-refractivity contribution in [1.29, 1.82) is 0 Å². The molecule has 0 bridgehead atoms. The number of carbonyl (C=O) groups excluding carboxylic acids is 1. The highest BCUT2D eigenvalue weighted by molar-refractivity contribution is 6.32. The number of halogens is 1. The van der Waals surface area contributed by atoms with Crippen molar-refractivity contribution in [1.82, 2.24) is 4.90 Å². The molecule has 1 saturated heterocycles. The molecule has 2 atom stereocenters. The summed E-state index contributed by atoms with van der Waals surface area (Å²) >= 11 is 6.08. The fraction of sp³-hybridized carbons (Fsp3) is 0.562. The van der Waals surface area contributed by atoms with Gasteiger partial charge in [-0.25, -0.2) is 0 Å². The number of methoxy groups -OCH3 is 1. The van der Waals surface area contributed by atoms with Crippen LogP contribution in [0, 0.1) is 11.8 Å². The van der Waals surface area contributed by atoms with Gasteiger partial charge in [0.15, 0.2) is 0 Å². The number of benzene rings is 1. The van der Waals surface area contributed by atoms with Gasteiger partial charge in [-0.1, -0.05) is 30.7 Å². The Labute approximate surface area is 131 Å². The van der Waals surface area contributed by atoms with Gasteiger partial charge in [0.05, 0.1) is 18.1 Å². The van der Waals surface area contributed by atoms with Crippen molar-refractivity contribution >= 4 is 17.6 Å². The topological polar surface area (TPSA) is 38.8 Å². The number of esters is 1. The van der Waals surface area contributed by atoms with Gasteiger partial charge in [0.1, 0.15) is 12.4 Å². The lowest BCUT2D eigenvalue weighted by atomic mass is 9.92. The van der Waals surface area contributed by atoms with E-state index in [1.807, 2.05) is 18.2 Å². The van der Waals surface area contributed by atoms with Crippen LogP contribution in [-0.2, 0) is 9.53 Å². The third-order valence-electron chi connectivity index (χ3n) is 4.08. The molecule has 0 radical (unpaired) electrons. The first-order valence-corrected chi connectivity index (χ1v) is 7.71. The molecule has 0 spiro atoms. The van der Waals surface area contributed by atoms with E-state index in [-0.39, 0.29) is 17.8 Å². The molecule has 0 aromatic heterocycles. The highest BCUT2D eigenvalue weighted by Gasteiger charge is 2.34. The third-order valence-corrected chi connectivity index (χ3v) is 4.40. The van der Waals surface area contributed by atoms with Crippen molar-refractivity contribution in [2.24, 2.45) is 11.8 Å². The van der Waals surface area contributed by atoms with Gasteiger partial charge in [-0.2, -0.15) is 0 Å². The highest BCUT2D eigenvalue weighted by atomic mass is 35.5. The monoisotopic (exact) mass is 311 g/mol. The van der Waals surface area contributed by atoms with Crippen molar-refractivity contribution in [3.8, 4) is 5.75 Å². The Morgan fingerprint density at radius 3 is 2.86 bits per heavy atom. The first-order chi connectivity index (χ1) is 10.2. The maximum atomic E-state index is 12.0. The van der Waals surface area contributed by atoms with Gasteiger partial charge in [-0.15, -0.1) is 0 Å². The average molecular weight is 312 g/mol. The maximum Gasteiger partial charge on any atom is 0.312 e. The zero-order chi connectivity index (χ0) is 15.2. The Bertz CT molecular complexity index is 480. The Balaban J connectivity index is 2.00. The van der Waals surface area contributed by atoms with E-state index in [4.69, 9.17) is 21.1 Å². The lowest BCUT2D eigenvalue weighted by Crippen LogP contribution is -2.32. The van der Waals surface area contributed by atoms with Crippen molar-refractivity contribution in [3.63, 3.8) is 0 Å². The zero-order valence-corrected chi connectivity index (χ0v) is 13.3. The maximum absolute atomic E-state index is 12.0. The molecule has 1 aromatic carbocycles. The summed E-state index contributed by atoms with van der Waals surface area (Å²) in [7, 11) is 1.43. The largest absolute Gasteiger partial charge is 0.491 e. The molecule has 0 saturated carbocycles. The number of para-hydroxylation sites is 1. The number of likely N-dealkylation sites (tertiary alicyclic amines) is 1. The number of hydrogen-bond acceptors (Lipinski definition) is 4. The van der Waals surface area contributed by atoms with Gasteiger partial charge in [0.2, 0.25) is 0 Å². The van der Waals surface area contributed by atoms with E-state index in [2.05, 4.69) is 11.8 Å². The van der Waals surface area contributed by atoms with Crippen LogP contribution in [0.2, 0.25) is 5.02 Å². The molecule has 2 unspecified atom stereocenters. The standard InChI is InChI=1S/C16H22ClNO3/c1-3-18-9-8-12(10-18)13(16(19)20-2)11-21-15-7-5-4-6-14(15)17/h4-7,12-13H,3,8-11H2,1-2H3. The van der Waals surface area contributed by atoms with Crippen LogP contribution < -0.4 is 4.74 Å². The van der Waals surface area contributed by atoms with Crippen molar-refractivity contribution in [2.75, 3.05) is 33.4 Å². The van der Waals surface area contributed by atoms with Crippen LogP contribution in [0.5, 0.6) is 5.75 Å². The second-order valence-electron chi connectivity index (χ2n) is 5.31. The summed E-state index contributed by atoms with van der Waals surface area (Å²) in [6.07, 6.45) is 0.999. The minimum Gasteiger partial charge on any atom is -0.491 e. The molecule has 1 aliphatic heterocycles. The summed E-state index contributed by atoms with van der Waals surface area (Å²) in [5.74, 6) is 0.436. The van der Waals surface area contributed by atoms with Crippen LogP contribution in [-0.4, -0.2) is 44.2 Å². The van der Waals surface area contributed by atoms with Crippen LogP contribution in [0.4, 0.5) is 0 Å². The number of nitrogens with zero attached hydrogens (tertiary/aromatic N) is 1. The molecule has 0 aliphatic carbocycles. The lowest BCUT2D eigenvalue weighted by Gasteiger charge is -2.22. The van der Waals surface area contributed by atoms with E-state index < -0.39 is 0 Å². The molecule has 0 N–H and O–H groups in total. The molecule has 1 fully saturated rings. The van der Waals surface area contributed by atoms with Gasteiger partial charge in [-0.3, -0.25) is 4.79 Å². The molecule has 1 aromatic rings. The lowest BCUT2D eigenvalue weighted by molar-refractivity contribution is -0.148.